The highest BCUT2D eigenvalue weighted by Gasteiger charge is 2.20. The van der Waals surface area contributed by atoms with Crippen LogP contribution in [0, 0.1) is 5.92 Å². The van der Waals surface area contributed by atoms with Crippen LogP contribution in [0.1, 0.15) is 28.8 Å². The minimum absolute atomic E-state index is 0.0142. The number of carbonyl (C=O) groups excluding carboxylic acids is 1. The Hall–Kier alpha value is -1.72. The zero-order chi connectivity index (χ0) is 16.8. The molecule has 0 saturated carbocycles. The minimum atomic E-state index is 0.0142. The highest BCUT2D eigenvalue weighted by atomic mass is 79.9. The number of benzene rings is 1. The van der Waals surface area contributed by atoms with E-state index in [4.69, 9.17) is 0 Å². The quantitative estimate of drug-likeness (QED) is 0.853. The third kappa shape index (κ3) is 4.89. The molecule has 1 amide bonds. The summed E-state index contributed by atoms with van der Waals surface area (Å²) >= 11 is 3.39. The number of nitrogens with zero attached hydrogens (tertiary/aromatic N) is 2. The Kier molecular flexibility index (Phi) is 5.99. The monoisotopic (exact) mass is 387 g/mol. The molecule has 0 radical (unpaired) electrons. The van der Waals surface area contributed by atoms with Crippen LogP contribution in [-0.4, -0.2) is 35.4 Å². The fourth-order valence-corrected chi connectivity index (χ4v) is 3.30. The van der Waals surface area contributed by atoms with Gasteiger partial charge in [-0.1, -0.05) is 22.0 Å². The molecular weight excluding hydrogens is 366 g/mol. The predicted octanol–water partition coefficient (Wildman–Crippen LogP) is 3.49. The Labute approximate surface area is 151 Å². The molecule has 1 fully saturated rings. The van der Waals surface area contributed by atoms with Gasteiger partial charge in [0.15, 0.2) is 0 Å². The van der Waals surface area contributed by atoms with Crippen molar-refractivity contribution < 1.29 is 4.79 Å². The number of halogens is 1. The van der Waals surface area contributed by atoms with Gasteiger partial charge >= 0.3 is 0 Å². The Bertz CT molecular complexity index is 652. The summed E-state index contributed by atoms with van der Waals surface area (Å²) in [6.45, 7) is 3.88. The second kappa shape index (κ2) is 8.40. The summed E-state index contributed by atoms with van der Waals surface area (Å²) in [7, 11) is 0. The second-order valence-electron chi connectivity index (χ2n) is 6.30. The number of rotatable bonds is 5. The standard InChI is InChI=1S/C19H22BrN3O/c20-18-5-3-17(4-6-18)19(24)22-13-15-7-10-23(11-8-15)14-16-2-1-9-21-12-16/h1-6,9,12,15H,7-8,10-11,13-14H2,(H,22,24). The number of piperidine rings is 1. The van der Waals surface area contributed by atoms with E-state index >= 15 is 0 Å². The first-order chi connectivity index (χ1) is 11.7. The number of nitrogens with one attached hydrogen (secondary N) is 1. The molecule has 1 saturated heterocycles. The molecule has 1 aromatic carbocycles. The first-order valence-corrected chi connectivity index (χ1v) is 9.15. The maximum atomic E-state index is 12.2. The van der Waals surface area contributed by atoms with Gasteiger partial charge in [-0.2, -0.15) is 0 Å². The lowest BCUT2D eigenvalue weighted by Gasteiger charge is -2.32. The van der Waals surface area contributed by atoms with Gasteiger partial charge in [-0.15, -0.1) is 0 Å². The molecule has 2 aromatic rings. The number of hydrogen-bond acceptors (Lipinski definition) is 3. The number of carbonyl (C=O) groups is 1. The van der Waals surface area contributed by atoms with Crippen molar-refractivity contribution >= 4 is 21.8 Å². The number of likely N-dealkylation sites (tertiary alicyclic amines) is 1. The van der Waals surface area contributed by atoms with Crippen LogP contribution in [0.25, 0.3) is 0 Å². The molecule has 0 spiro atoms. The van der Waals surface area contributed by atoms with Crippen LogP contribution in [0.3, 0.4) is 0 Å². The molecule has 1 N–H and O–H groups in total. The van der Waals surface area contributed by atoms with E-state index in [0.717, 1.165) is 43.5 Å². The Morgan fingerprint density at radius 2 is 1.96 bits per heavy atom. The first kappa shape index (κ1) is 17.1. The van der Waals surface area contributed by atoms with Gasteiger partial charge in [0, 0.05) is 35.5 Å². The van der Waals surface area contributed by atoms with Gasteiger partial charge in [0.2, 0.25) is 0 Å². The molecule has 1 aliphatic rings. The molecule has 0 unspecified atom stereocenters. The summed E-state index contributed by atoms with van der Waals surface area (Å²) < 4.78 is 0.986. The van der Waals surface area contributed by atoms with Crippen molar-refractivity contribution in [1.29, 1.82) is 0 Å². The summed E-state index contributed by atoms with van der Waals surface area (Å²) in [6.07, 6.45) is 6.00. The summed E-state index contributed by atoms with van der Waals surface area (Å²) in [5.41, 5.74) is 1.98. The van der Waals surface area contributed by atoms with E-state index in [1.807, 2.05) is 42.7 Å². The van der Waals surface area contributed by atoms with Crippen molar-refractivity contribution in [2.75, 3.05) is 19.6 Å². The van der Waals surface area contributed by atoms with Gasteiger partial charge in [0.25, 0.3) is 5.91 Å². The zero-order valence-corrected chi connectivity index (χ0v) is 15.2. The van der Waals surface area contributed by atoms with Crippen molar-refractivity contribution in [3.8, 4) is 0 Å². The van der Waals surface area contributed by atoms with E-state index in [-0.39, 0.29) is 5.91 Å². The Balaban J connectivity index is 1.41. The van der Waals surface area contributed by atoms with Crippen molar-refractivity contribution in [2.24, 2.45) is 5.92 Å². The van der Waals surface area contributed by atoms with E-state index in [1.54, 1.807) is 0 Å². The Morgan fingerprint density at radius 1 is 1.21 bits per heavy atom. The van der Waals surface area contributed by atoms with Crippen molar-refractivity contribution in [1.82, 2.24) is 15.2 Å². The van der Waals surface area contributed by atoms with Crippen LogP contribution in [0.15, 0.2) is 53.3 Å². The van der Waals surface area contributed by atoms with Gasteiger partial charge in [-0.3, -0.25) is 14.7 Å². The maximum Gasteiger partial charge on any atom is 0.251 e. The lowest BCUT2D eigenvalue weighted by atomic mass is 9.96. The third-order valence-corrected chi connectivity index (χ3v) is 5.02. The van der Waals surface area contributed by atoms with Crippen molar-refractivity contribution in [2.45, 2.75) is 19.4 Å². The molecule has 5 heteroatoms. The molecule has 1 aromatic heterocycles. The van der Waals surface area contributed by atoms with Gasteiger partial charge in [0.05, 0.1) is 0 Å². The van der Waals surface area contributed by atoms with Crippen LogP contribution >= 0.6 is 15.9 Å². The average Bonchev–Trinajstić information content (AvgIpc) is 2.62. The molecule has 2 heterocycles. The summed E-state index contributed by atoms with van der Waals surface area (Å²) in [5, 5.41) is 3.07. The summed E-state index contributed by atoms with van der Waals surface area (Å²) in [4.78, 5) is 18.8. The Morgan fingerprint density at radius 3 is 2.62 bits per heavy atom. The van der Waals surface area contributed by atoms with E-state index in [1.165, 1.54) is 5.56 Å². The van der Waals surface area contributed by atoms with Crippen LogP contribution in [-0.2, 0) is 6.54 Å². The SMILES string of the molecule is O=C(NCC1CCN(Cc2cccnc2)CC1)c1ccc(Br)cc1. The fraction of sp³-hybridized carbons (Fsp3) is 0.368. The molecule has 0 bridgehead atoms. The zero-order valence-electron chi connectivity index (χ0n) is 13.6. The normalized spacial score (nSPS) is 16.0. The van der Waals surface area contributed by atoms with Crippen LogP contribution in [0.2, 0.25) is 0 Å². The van der Waals surface area contributed by atoms with Crippen LogP contribution < -0.4 is 5.32 Å². The molecular formula is C19H22BrN3O. The second-order valence-corrected chi connectivity index (χ2v) is 7.21. The predicted molar refractivity (Wildman–Crippen MR) is 98.7 cm³/mol. The van der Waals surface area contributed by atoms with Gasteiger partial charge < -0.3 is 5.32 Å². The smallest absolute Gasteiger partial charge is 0.251 e. The highest BCUT2D eigenvalue weighted by molar-refractivity contribution is 9.10. The molecule has 126 valence electrons. The van der Waals surface area contributed by atoms with Crippen LogP contribution in [0.4, 0.5) is 0 Å². The minimum Gasteiger partial charge on any atom is -0.352 e. The topological polar surface area (TPSA) is 45.2 Å². The fourth-order valence-electron chi connectivity index (χ4n) is 3.04. The first-order valence-electron chi connectivity index (χ1n) is 8.36. The average molecular weight is 388 g/mol. The summed E-state index contributed by atoms with van der Waals surface area (Å²) in [6, 6.07) is 11.6. The van der Waals surface area contributed by atoms with Crippen molar-refractivity contribution in [3.63, 3.8) is 0 Å². The third-order valence-electron chi connectivity index (χ3n) is 4.49. The summed E-state index contributed by atoms with van der Waals surface area (Å²) in [5.74, 6) is 0.579. The molecule has 1 aliphatic heterocycles. The lowest BCUT2D eigenvalue weighted by molar-refractivity contribution is 0.0935. The van der Waals surface area contributed by atoms with E-state index in [9.17, 15) is 4.79 Å². The van der Waals surface area contributed by atoms with Crippen molar-refractivity contribution in [3.05, 3.63) is 64.4 Å². The van der Waals surface area contributed by atoms with Gasteiger partial charge in [0.1, 0.15) is 0 Å². The molecule has 0 atom stereocenters. The van der Waals surface area contributed by atoms with Gasteiger partial charge in [-0.05, 0) is 67.7 Å². The maximum absolute atomic E-state index is 12.2. The highest BCUT2D eigenvalue weighted by Crippen LogP contribution is 2.18. The molecule has 3 rings (SSSR count). The van der Waals surface area contributed by atoms with E-state index in [2.05, 4.69) is 37.2 Å². The molecule has 0 aliphatic carbocycles. The number of hydrogen-bond donors (Lipinski definition) is 1. The van der Waals surface area contributed by atoms with E-state index < -0.39 is 0 Å². The number of pyridine rings is 1. The van der Waals surface area contributed by atoms with Crippen LogP contribution in [0.5, 0.6) is 0 Å². The number of aromatic nitrogens is 1. The molecule has 4 nitrogen and oxygen atoms in total. The number of amides is 1. The largest absolute Gasteiger partial charge is 0.352 e. The van der Waals surface area contributed by atoms with E-state index in [0.29, 0.717) is 11.5 Å². The van der Waals surface area contributed by atoms with Gasteiger partial charge in [-0.25, -0.2) is 0 Å². The lowest BCUT2D eigenvalue weighted by Crippen LogP contribution is -2.38. The molecule has 24 heavy (non-hydrogen) atoms.